The van der Waals surface area contributed by atoms with Gasteiger partial charge in [-0.3, -0.25) is 9.78 Å². The number of pyridine rings is 3. The summed E-state index contributed by atoms with van der Waals surface area (Å²) in [6.07, 6.45) is 6.74. The van der Waals surface area contributed by atoms with Gasteiger partial charge in [0.1, 0.15) is 0 Å². The molecule has 52 heavy (non-hydrogen) atoms. The number of carbonyl (C=O) groups is 1. The summed E-state index contributed by atoms with van der Waals surface area (Å²) < 4.78 is 13.1. The fourth-order valence-electron chi connectivity index (χ4n) is 7.11. The number of rotatable bonds is 11. The third-order valence-electron chi connectivity index (χ3n) is 9.97. The maximum atomic E-state index is 11.7. The standard InChI is InChI=1S/C38H42Cl2N8O4/c1-22(49)47-14-11-25(12-15-47)42-19-23-8-9-30(44-37(23)52-4)29-7-5-6-27(33(29)39)28-10-13-41-35(34(28)40)24-16-31(51-3)36-45-32(46-48(36)21-24)20-43-26-17-38(2,50)18-26/h5-10,13,16,21,25-26,42-43,50H,11-12,14-15,17-20H2,1-4H3/t26-,38-. The Morgan fingerprint density at radius 1 is 0.962 bits per heavy atom. The Morgan fingerprint density at radius 3 is 2.40 bits per heavy atom. The Bertz CT molecular complexity index is 2110. The summed E-state index contributed by atoms with van der Waals surface area (Å²) in [7, 11) is 3.20. The average molecular weight is 746 g/mol. The van der Waals surface area contributed by atoms with E-state index in [1.807, 2.05) is 60.5 Å². The molecule has 1 amide bonds. The summed E-state index contributed by atoms with van der Waals surface area (Å²) in [5.41, 5.74) is 4.98. The molecule has 0 unspecified atom stereocenters. The van der Waals surface area contributed by atoms with Gasteiger partial charge in [0.15, 0.2) is 17.2 Å². The molecule has 0 bridgehead atoms. The Morgan fingerprint density at radius 2 is 1.69 bits per heavy atom. The second-order valence-corrected chi connectivity index (χ2v) is 14.5. The fourth-order valence-corrected chi connectivity index (χ4v) is 7.76. The Hall–Kier alpha value is -4.33. The van der Waals surface area contributed by atoms with Crippen LogP contribution in [-0.4, -0.2) is 85.5 Å². The number of aliphatic hydroxyl groups is 1. The number of likely N-dealkylation sites (tertiary alicyclic amines) is 1. The molecular formula is C38H42Cl2N8O4. The minimum Gasteiger partial charge on any atom is -0.493 e. The van der Waals surface area contributed by atoms with Crippen molar-refractivity contribution < 1.29 is 19.4 Å². The number of piperidine rings is 1. The lowest BCUT2D eigenvalue weighted by Crippen LogP contribution is -2.51. The van der Waals surface area contributed by atoms with Gasteiger partial charge in [-0.2, -0.15) is 0 Å². The molecule has 1 aliphatic carbocycles. The number of hydrogen-bond acceptors (Lipinski definition) is 10. The van der Waals surface area contributed by atoms with Crippen LogP contribution in [0.3, 0.4) is 0 Å². The smallest absolute Gasteiger partial charge is 0.219 e. The first-order chi connectivity index (χ1) is 25.0. The molecule has 0 spiro atoms. The van der Waals surface area contributed by atoms with Crippen LogP contribution in [0.15, 0.2) is 54.9 Å². The molecule has 4 aromatic heterocycles. The first-order valence-corrected chi connectivity index (χ1v) is 18.1. The van der Waals surface area contributed by atoms with Gasteiger partial charge in [0, 0.05) is 78.9 Å². The Labute approximate surface area is 312 Å². The highest BCUT2D eigenvalue weighted by Crippen LogP contribution is 2.42. The van der Waals surface area contributed by atoms with Crippen LogP contribution >= 0.6 is 23.2 Å². The zero-order chi connectivity index (χ0) is 36.6. The Kier molecular flexibility index (Phi) is 10.4. The highest BCUT2D eigenvalue weighted by atomic mass is 35.5. The van der Waals surface area contributed by atoms with E-state index in [9.17, 15) is 9.90 Å². The highest BCUT2D eigenvalue weighted by molar-refractivity contribution is 6.39. The Balaban J connectivity index is 1.12. The van der Waals surface area contributed by atoms with E-state index in [2.05, 4.69) is 25.7 Å². The number of methoxy groups -OCH3 is 2. The van der Waals surface area contributed by atoms with Gasteiger partial charge < -0.3 is 30.1 Å². The van der Waals surface area contributed by atoms with Crippen LogP contribution in [0.25, 0.3) is 39.3 Å². The van der Waals surface area contributed by atoms with Crippen molar-refractivity contribution in [1.29, 1.82) is 0 Å². The van der Waals surface area contributed by atoms with Crippen LogP contribution in [0.2, 0.25) is 10.0 Å². The molecule has 2 fully saturated rings. The number of aromatic nitrogens is 5. The van der Waals surface area contributed by atoms with Crippen molar-refractivity contribution in [2.24, 2.45) is 0 Å². The van der Waals surface area contributed by atoms with Gasteiger partial charge in [0.25, 0.3) is 0 Å². The molecule has 2 aliphatic rings. The fraction of sp³-hybridized carbons (Fsp3) is 0.395. The summed E-state index contributed by atoms with van der Waals surface area (Å²) in [4.78, 5) is 27.7. The summed E-state index contributed by atoms with van der Waals surface area (Å²) >= 11 is 14.2. The summed E-state index contributed by atoms with van der Waals surface area (Å²) in [5, 5.41) is 22.7. The lowest BCUT2D eigenvalue weighted by molar-refractivity contribution is -0.129. The second kappa shape index (κ2) is 15.0. The number of ether oxygens (including phenoxy) is 2. The van der Waals surface area contributed by atoms with E-state index in [-0.39, 0.29) is 11.9 Å². The molecule has 1 aromatic carbocycles. The van der Waals surface area contributed by atoms with Gasteiger partial charge in [-0.05, 0) is 50.8 Å². The maximum Gasteiger partial charge on any atom is 0.219 e. The van der Waals surface area contributed by atoms with Crippen LogP contribution in [0, 0.1) is 0 Å². The molecule has 12 nitrogen and oxygen atoms in total. The molecule has 0 atom stereocenters. The molecule has 1 saturated heterocycles. The number of amides is 1. The number of nitrogens with zero attached hydrogens (tertiary/aromatic N) is 6. The minimum atomic E-state index is -0.611. The normalized spacial score (nSPS) is 19.1. The van der Waals surface area contributed by atoms with Gasteiger partial charge in [-0.15, -0.1) is 5.10 Å². The predicted molar refractivity (Wildman–Crippen MR) is 201 cm³/mol. The molecule has 5 heterocycles. The molecular weight excluding hydrogens is 703 g/mol. The van der Waals surface area contributed by atoms with E-state index in [0.717, 1.165) is 42.6 Å². The van der Waals surface area contributed by atoms with E-state index in [1.165, 1.54) is 0 Å². The average Bonchev–Trinajstić information content (AvgIpc) is 3.55. The topological polar surface area (TPSA) is 139 Å². The largest absolute Gasteiger partial charge is 0.493 e. The zero-order valence-corrected chi connectivity index (χ0v) is 31.1. The van der Waals surface area contributed by atoms with Crippen LogP contribution in [0.4, 0.5) is 0 Å². The van der Waals surface area contributed by atoms with E-state index in [4.69, 9.17) is 37.7 Å². The molecule has 3 N–H and O–H groups in total. The summed E-state index contributed by atoms with van der Waals surface area (Å²) in [6.45, 7) is 6.05. The van der Waals surface area contributed by atoms with Crippen LogP contribution in [-0.2, 0) is 17.9 Å². The van der Waals surface area contributed by atoms with Crippen molar-refractivity contribution in [3.8, 4) is 45.3 Å². The molecule has 7 rings (SSSR count). The number of halogens is 2. The van der Waals surface area contributed by atoms with Crippen LogP contribution in [0.1, 0.15) is 50.9 Å². The predicted octanol–water partition coefficient (Wildman–Crippen LogP) is 5.95. The monoisotopic (exact) mass is 744 g/mol. The van der Waals surface area contributed by atoms with E-state index in [1.54, 1.807) is 31.9 Å². The molecule has 1 aliphatic heterocycles. The van der Waals surface area contributed by atoms with E-state index in [0.29, 0.717) is 87.6 Å². The lowest BCUT2D eigenvalue weighted by atomic mass is 9.77. The molecule has 0 radical (unpaired) electrons. The van der Waals surface area contributed by atoms with Gasteiger partial charge in [0.2, 0.25) is 11.8 Å². The third-order valence-corrected chi connectivity index (χ3v) is 10.8. The molecule has 1 saturated carbocycles. The van der Waals surface area contributed by atoms with Crippen molar-refractivity contribution >= 4 is 34.8 Å². The van der Waals surface area contributed by atoms with Gasteiger partial charge in [-0.1, -0.05) is 47.5 Å². The van der Waals surface area contributed by atoms with Crippen molar-refractivity contribution in [1.82, 2.24) is 40.1 Å². The van der Waals surface area contributed by atoms with Crippen molar-refractivity contribution in [2.75, 3.05) is 27.3 Å². The molecule has 14 heteroatoms. The van der Waals surface area contributed by atoms with Gasteiger partial charge >= 0.3 is 0 Å². The SMILES string of the molecule is COc1nc(-c2cccc(-c3ccnc(-c4cc(OC)c5nc(CN[C@H]6C[C@](C)(O)C6)nn5c4)c3Cl)c2Cl)ccc1CNC1CCN(C(C)=O)CC1. The highest BCUT2D eigenvalue weighted by Gasteiger charge is 2.38. The number of nitrogens with one attached hydrogen (secondary N) is 2. The maximum absolute atomic E-state index is 11.7. The van der Waals surface area contributed by atoms with E-state index >= 15 is 0 Å². The zero-order valence-electron chi connectivity index (χ0n) is 29.6. The lowest BCUT2D eigenvalue weighted by Gasteiger charge is -2.41. The number of carbonyl (C=O) groups excluding carboxylic acids is 1. The third kappa shape index (κ3) is 7.44. The van der Waals surface area contributed by atoms with Gasteiger partial charge in [-0.25, -0.2) is 14.5 Å². The number of benzene rings is 1. The number of fused-ring (bicyclic) bond motifs is 1. The quantitative estimate of drug-likeness (QED) is 0.149. The molecule has 272 valence electrons. The first-order valence-electron chi connectivity index (χ1n) is 17.4. The summed E-state index contributed by atoms with van der Waals surface area (Å²) in [5.74, 6) is 1.78. The van der Waals surface area contributed by atoms with Crippen molar-refractivity contribution in [3.05, 3.63) is 76.3 Å². The van der Waals surface area contributed by atoms with Crippen LogP contribution in [0.5, 0.6) is 11.6 Å². The first kappa shape index (κ1) is 36.0. The molecule has 5 aromatic rings. The minimum absolute atomic E-state index is 0.125. The van der Waals surface area contributed by atoms with Crippen LogP contribution < -0.4 is 20.1 Å². The van der Waals surface area contributed by atoms with Crippen molar-refractivity contribution in [3.63, 3.8) is 0 Å². The summed E-state index contributed by atoms with van der Waals surface area (Å²) in [6, 6.07) is 14.0. The van der Waals surface area contributed by atoms with E-state index < -0.39 is 5.60 Å². The number of hydrogen-bond donors (Lipinski definition) is 3. The second-order valence-electron chi connectivity index (χ2n) is 13.8. The van der Waals surface area contributed by atoms with Crippen molar-refractivity contribution in [2.45, 2.75) is 70.3 Å². The van der Waals surface area contributed by atoms with Gasteiger partial charge in [0.05, 0.1) is 47.8 Å².